The average Bonchev–Trinajstić information content (AvgIpc) is 2.30. The van der Waals surface area contributed by atoms with Gasteiger partial charge in [-0.3, -0.25) is 10.2 Å². The van der Waals surface area contributed by atoms with Crippen LogP contribution in [0.5, 0.6) is 0 Å². The van der Waals surface area contributed by atoms with Crippen LogP contribution in [0.1, 0.15) is 17.3 Å². The third-order valence-corrected chi connectivity index (χ3v) is 1.81. The second-order valence-corrected chi connectivity index (χ2v) is 2.90. The summed E-state index contributed by atoms with van der Waals surface area (Å²) < 4.78 is 0. The van der Waals surface area contributed by atoms with Gasteiger partial charge in [-0.2, -0.15) is 15.6 Å². The number of para-hydroxylation sites is 1. The van der Waals surface area contributed by atoms with Gasteiger partial charge in [0.05, 0.1) is 5.69 Å². The Morgan fingerprint density at radius 3 is 2.50 bits per heavy atom. The van der Waals surface area contributed by atoms with Crippen molar-refractivity contribution in [2.45, 2.75) is 6.92 Å². The molecule has 5 nitrogen and oxygen atoms in total. The Morgan fingerprint density at radius 1 is 1.31 bits per heavy atom. The van der Waals surface area contributed by atoms with Crippen molar-refractivity contribution in [3.8, 4) is 12.1 Å². The molecule has 78 valence electrons. The number of carbonyl (C=O) groups is 1. The smallest absolute Gasteiger partial charge is 0.237 e. The number of hydrazone groups is 1. The third-order valence-electron chi connectivity index (χ3n) is 1.81. The van der Waals surface area contributed by atoms with Crippen molar-refractivity contribution < 1.29 is 4.79 Å². The predicted molar refractivity (Wildman–Crippen MR) is 58.7 cm³/mol. The highest BCUT2D eigenvalue weighted by molar-refractivity contribution is 6.10. The summed E-state index contributed by atoms with van der Waals surface area (Å²) in [5.74, 6) is -0.117. The van der Waals surface area contributed by atoms with Crippen molar-refractivity contribution in [2.75, 3.05) is 5.43 Å². The van der Waals surface area contributed by atoms with E-state index >= 15 is 0 Å². The highest BCUT2D eigenvalue weighted by Gasteiger charge is 2.05. The van der Waals surface area contributed by atoms with Gasteiger partial charge in [-0.05, 0) is 19.1 Å². The van der Waals surface area contributed by atoms with Gasteiger partial charge >= 0.3 is 0 Å². The molecule has 0 amide bonds. The number of nitriles is 2. The van der Waals surface area contributed by atoms with Crippen molar-refractivity contribution in [1.29, 1.82) is 10.5 Å². The zero-order chi connectivity index (χ0) is 12.0. The lowest BCUT2D eigenvalue weighted by atomic mass is 10.1. The Labute approximate surface area is 92.6 Å². The fourth-order valence-corrected chi connectivity index (χ4v) is 1.08. The molecular weight excluding hydrogens is 204 g/mol. The number of carbonyl (C=O) groups excluding carboxylic acids is 1. The molecule has 0 radical (unpaired) electrons. The third kappa shape index (κ3) is 2.66. The van der Waals surface area contributed by atoms with Crippen molar-refractivity contribution >= 4 is 17.2 Å². The Kier molecular flexibility index (Phi) is 3.77. The van der Waals surface area contributed by atoms with Gasteiger partial charge in [0.2, 0.25) is 5.71 Å². The van der Waals surface area contributed by atoms with E-state index in [-0.39, 0.29) is 11.5 Å². The molecule has 0 bridgehead atoms. The molecule has 0 aliphatic rings. The van der Waals surface area contributed by atoms with Crippen LogP contribution in [0.25, 0.3) is 0 Å². The SMILES string of the molecule is CC(=O)c1ccccc1NN=C(C#N)C#N. The molecular formula is C11H8N4O. The number of anilines is 1. The maximum absolute atomic E-state index is 11.2. The number of ketones is 1. The second kappa shape index (κ2) is 5.28. The molecule has 0 fully saturated rings. The molecule has 1 N–H and O–H groups in total. The summed E-state index contributed by atoms with van der Waals surface area (Å²) in [6.07, 6.45) is 0. The Morgan fingerprint density at radius 2 is 1.94 bits per heavy atom. The number of nitrogens with zero attached hydrogens (tertiary/aromatic N) is 3. The number of rotatable bonds is 3. The first-order valence-corrected chi connectivity index (χ1v) is 4.43. The van der Waals surface area contributed by atoms with Crippen LogP contribution in [0.15, 0.2) is 29.4 Å². The van der Waals surface area contributed by atoms with E-state index in [0.717, 1.165) is 0 Å². The van der Waals surface area contributed by atoms with Gasteiger partial charge in [0.15, 0.2) is 5.78 Å². The van der Waals surface area contributed by atoms with Crippen LogP contribution in [-0.2, 0) is 0 Å². The van der Waals surface area contributed by atoms with Gasteiger partial charge in [0, 0.05) is 5.56 Å². The second-order valence-electron chi connectivity index (χ2n) is 2.90. The zero-order valence-corrected chi connectivity index (χ0v) is 8.56. The minimum atomic E-state index is -0.293. The Balaban J connectivity index is 3.00. The van der Waals surface area contributed by atoms with Gasteiger partial charge in [-0.15, -0.1) is 0 Å². The molecule has 0 atom stereocenters. The van der Waals surface area contributed by atoms with Crippen molar-refractivity contribution in [2.24, 2.45) is 5.10 Å². The first-order chi connectivity index (χ1) is 7.69. The quantitative estimate of drug-likeness (QED) is 0.469. The van der Waals surface area contributed by atoms with Gasteiger partial charge in [0.1, 0.15) is 12.1 Å². The van der Waals surface area contributed by atoms with E-state index in [1.54, 1.807) is 36.4 Å². The molecule has 0 spiro atoms. The molecule has 0 saturated carbocycles. The maximum atomic E-state index is 11.2. The molecule has 1 aromatic carbocycles. The topological polar surface area (TPSA) is 89.0 Å². The van der Waals surface area contributed by atoms with E-state index in [2.05, 4.69) is 10.5 Å². The number of nitrogens with one attached hydrogen (secondary N) is 1. The standard InChI is InChI=1S/C11H8N4O/c1-8(16)10-4-2-3-5-11(10)15-14-9(6-12)7-13/h2-5,15H,1H3. The normalized spacial score (nSPS) is 8.44. The van der Waals surface area contributed by atoms with Crippen LogP contribution < -0.4 is 5.43 Å². The minimum absolute atomic E-state index is 0.117. The van der Waals surface area contributed by atoms with Gasteiger partial charge in [-0.1, -0.05) is 12.1 Å². The van der Waals surface area contributed by atoms with Crippen molar-refractivity contribution in [1.82, 2.24) is 0 Å². The lowest BCUT2D eigenvalue weighted by Crippen LogP contribution is -2.02. The largest absolute Gasteiger partial charge is 0.294 e. The first kappa shape index (κ1) is 11.4. The fourth-order valence-electron chi connectivity index (χ4n) is 1.08. The molecule has 5 heteroatoms. The summed E-state index contributed by atoms with van der Waals surface area (Å²) in [7, 11) is 0. The van der Waals surface area contributed by atoms with Crippen LogP contribution in [-0.4, -0.2) is 11.5 Å². The molecule has 0 aliphatic carbocycles. The van der Waals surface area contributed by atoms with E-state index in [9.17, 15) is 4.79 Å². The molecule has 0 saturated heterocycles. The van der Waals surface area contributed by atoms with Crippen molar-refractivity contribution in [3.05, 3.63) is 29.8 Å². The monoisotopic (exact) mass is 212 g/mol. The van der Waals surface area contributed by atoms with Crippen LogP contribution >= 0.6 is 0 Å². The van der Waals surface area contributed by atoms with E-state index in [1.165, 1.54) is 6.92 Å². The first-order valence-electron chi connectivity index (χ1n) is 4.43. The summed E-state index contributed by atoms with van der Waals surface area (Å²) >= 11 is 0. The average molecular weight is 212 g/mol. The zero-order valence-electron chi connectivity index (χ0n) is 8.56. The number of hydrogen-bond donors (Lipinski definition) is 1. The lowest BCUT2D eigenvalue weighted by molar-refractivity contribution is 0.101. The molecule has 0 aromatic heterocycles. The van der Waals surface area contributed by atoms with Crippen LogP contribution in [0.3, 0.4) is 0 Å². The van der Waals surface area contributed by atoms with Gasteiger partial charge < -0.3 is 0 Å². The Hall–Kier alpha value is -2.66. The molecule has 1 aromatic rings. The summed E-state index contributed by atoms with van der Waals surface area (Å²) in [6.45, 7) is 1.43. The molecule has 1 rings (SSSR count). The van der Waals surface area contributed by atoms with Crippen molar-refractivity contribution in [3.63, 3.8) is 0 Å². The summed E-state index contributed by atoms with van der Waals surface area (Å²) in [5.41, 5.74) is 3.16. The summed E-state index contributed by atoms with van der Waals surface area (Å²) in [6, 6.07) is 9.96. The Bertz CT molecular complexity index is 504. The minimum Gasteiger partial charge on any atom is -0.294 e. The van der Waals surface area contributed by atoms with Crippen LogP contribution in [0, 0.1) is 22.7 Å². The number of hydrogen-bond acceptors (Lipinski definition) is 5. The van der Waals surface area contributed by atoms with Gasteiger partial charge in [0.25, 0.3) is 0 Å². The number of benzene rings is 1. The molecule has 16 heavy (non-hydrogen) atoms. The molecule has 0 aliphatic heterocycles. The van der Waals surface area contributed by atoms with Crippen LogP contribution in [0.4, 0.5) is 5.69 Å². The summed E-state index contributed by atoms with van der Waals surface area (Å²) in [4.78, 5) is 11.2. The molecule has 0 unspecified atom stereocenters. The van der Waals surface area contributed by atoms with Gasteiger partial charge in [-0.25, -0.2) is 0 Å². The predicted octanol–water partition coefficient (Wildman–Crippen LogP) is 1.70. The fraction of sp³-hybridized carbons (Fsp3) is 0.0909. The molecule has 0 heterocycles. The highest BCUT2D eigenvalue weighted by Crippen LogP contribution is 2.15. The van der Waals surface area contributed by atoms with Crippen LogP contribution in [0.2, 0.25) is 0 Å². The maximum Gasteiger partial charge on any atom is 0.237 e. The van der Waals surface area contributed by atoms with E-state index in [4.69, 9.17) is 10.5 Å². The number of Topliss-reactive ketones (excluding diaryl/α,β-unsaturated/α-hetero) is 1. The van der Waals surface area contributed by atoms with E-state index in [1.807, 2.05) is 0 Å². The van der Waals surface area contributed by atoms with E-state index < -0.39 is 0 Å². The lowest BCUT2D eigenvalue weighted by Gasteiger charge is -2.04. The highest BCUT2D eigenvalue weighted by atomic mass is 16.1. The van der Waals surface area contributed by atoms with E-state index in [0.29, 0.717) is 11.3 Å². The summed E-state index contributed by atoms with van der Waals surface area (Å²) in [5, 5.41) is 20.5.